The molecule has 78 valence electrons. The van der Waals surface area contributed by atoms with Gasteiger partial charge < -0.3 is 0 Å². The molecule has 0 unspecified atom stereocenters. The van der Waals surface area contributed by atoms with Crippen LogP contribution in [0.4, 0.5) is 0 Å². The summed E-state index contributed by atoms with van der Waals surface area (Å²) in [6.07, 6.45) is 4.46. The van der Waals surface area contributed by atoms with Crippen molar-refractivity contribution in [3.8, 4) is 0 Å². The molecule has 1 aromatic carbocycles. The lowest BCUT2D eigenvalue weighted by atomic mass is 10.0. The fourth-order valence-electron chi connectivity index (χ4n) is 1.76. The minimum absolute atomic E-state index is 1.12. The molecular weight excluding hydrogens is 200 g/mol. The molecule has 0 bridgehead atoms. The molecule has 0 amide bonds. The van der Waals surface area contributed by atoms with Gasteiger partial charge in [-0.05, 0) is 38.0 Å². The average Bonchev–Trinajstić information content (AvgIpc) is 2.20. The number of hydrogen-bond donors (Lipinski definition) is 0. The van der Waals surface area contributed by atoms with Crippen LogP contribution in [0.3, 0.4) is 0 Å². The molecule has 0 saturated heterocycles. The maximum atomic E-state index is 2.25. The van der Waals surface area contributed by atoms with Crippen LogP contribution in [-0.4, -0.2) is 5.75 Å². The van der Waals surface area contributed by atoms with Crippen LogP contribution in [0.15, 0.2) is 35.9 Å². The molecule has 0 nitrogen and oxygen atoms in total. The molecule has 2 rings (SSSR count). The van der Waals surface area contributed by atoms with Crippen molar-refractivity contribution < 1.29 is 0 Å². The standard InChI is InChI=1S/C14H16S/c1-10-4-6-13(12(3)8-10)14-7-5-11(2)9-15-14/h4-8H,9H2,1-3H3. The van der Waals surface area contributed by atoms with Crippen molar-refractivity contribution in [1.29, 1.82) is 0 Å². The molecule has 0 radical (unpaired) electrons. The van der Waals surface area contributed by atoms with Gasteiger partial charge in [0, 0.05) is 10.7 Å². The molecule has 1 heterocycles. The number of hydrogen-bond acceptors (Lipinski definition) is 1. The molecule has 1 aliphatic rings. The molecule has 1 heteroatoms. The first-order valence-corrected chi connectivity index (χ1v) is 6.23. The Bertz CT molecular complexity index is 439. The molecule has 0 spiro atoms. The Kier molecular flexibility index (Phi) is 3.01. The molecule has 1 aromatic rings. The van der Waals surface area contributed by atoms with E-state index >= 15 is 0 Å². The predicted octanol–water partition coefficient (Wildman–Crippen LogP) is 4.34. The van der Waals surface area contributed by atoms with Gasteiger partial charge in [-0.1, -0.05) is 35.4 Å². The second-order valence-electron chi connectivity index (χ2n) is 4.15. The lowest BCUT2D eigenvalue weighted by molar-refractivity contribution is 1.36. The SMILES string of the molecule is CC1=CC=C(c2ccc(C)cc2C)SC1. The number of benzene rings is 1. The zero-order valence-electron chi connectivity index (χ0n) is 9.50. The Balaban J connectivity index is 2.38. The van der Waals surface area contributed by atoms with E-state index in [1.165, 1.54) is 27.2 Å². The first kappa shape index (κ1) is 10.6. The minimum Gasteiger partial charge on any atom is -0.121 e. The molecule has 0 saturated carbocycles. The molecule has 15 heavy (non-hydrogen) atoms. The van der Waals surface area contributed by atoms with Crippen LogP contribution in [0.1, 0.15) is 23.6 Å². The Morgan fingerprint density at radius 3 is 2.47 bits per heavy atom. The monoisotopic (exact) mass is 216 g/mol. The second-order valence-corrected chi connectivity index (χ2v) is 5.17. The van der Waals surface area contributed by atoms with Gasteiger partial charge in [-0.3, -0.25) is 0 Å². The van der Waals surface area contributed by atoms with Crippen LogP contribution in [0, 0.1) is 13.8 Å². The van der Waals surface area contributed by atoms with Gasteiger partial charge in [0.1, 0.15) is 0 Å². The van der Waals surface area contributed by atoms with Crippen molar-refractivity contribution >= 4 is 16.7 Å². The maximum Gasteiger partial charge on any atom is 0.0191 e. The van der Waals surface area contributed by atoms with E-state index < -0.39 is 0 Å². The van der Waals surface area contributed by atoms with Crippen LogP contribution in [0.2, 0.25) is 0 Å². The average molecular weight is 216 g/mol. The zero-order valence-corrected chi connectivity index (χ0v) is 10.3. The summed E-state index contributed by atoms with van der Waals surface area (Å²) in [5.74, 6) is 1.12. The molecule has 1 aliphatic heterocycles. The number of allylic oxidation sites excluding steroid dienone is 2. The third-order valence-corrected chi connectivity index (χ3v) is 3.89. The van der Waals surface area contributed by atoms with Crippen LogP contribution in [0.5, 0.6) is 0 Å². The minimum atomic E-state index is 1.12. The Hall–Kier alpha value is -0.950. The van der Waals surface area contributed by atoms with E-state index in [0.29, 0.717) is 0 Å². The van der Waals surface area contributed by atoms with Gasteiger partial charge in [0.15, 0.2) is 0 Å². The third kappa shape index (κ3) is 2.35. The third-order valence-electron chi connectivity index (χ3n) is 2.62. The highest BCUT2D eigenvalue weighted by atomic mass is 32.2. The highest BCUT2D eigenvalue weighted by Crippen LogP contribution is 2.34. The number of rotatable bonds is 1. The topological polar surface area (TPSA) is 0 Å². The van der Waals surface area contributed by atoms with Crippen molar-refractivity contribution in [3.63, 3.8) is 0 Å². The van der Waals surface area contributed by atoms with Gasteiger partial charge >= 0.3 is 0 Å². The van der Waals surface area contributed by atoms with Crippen molar-refractivity contribution in [3.05, 3.63) is 52.6 Å². The summed E-state index contributed by atoms with van der Waals surface area (Å²) in [4.78, 5) is 1.40. The van der Waals surface area contributed by atoms with Crippen LogP contribution in [0.25, 0.3) is 4.91 Å². The predicted molar refractivity (Wildman–Crippen MR) is 70.1 cm³/mol. The van der Waals surface area contributed by atoms with E-state index in [1.54, 1.807) is 0 Å². The Labute approximate surface area is 96.1 Å². The van der Waals surface area contributed by atoms with Gasteiger partial charge in [-0.25, -0.2) is 0 Å². The normalized spacial score (nSPS) is 15.9. The maximum absolute atomic E-state index is 2.25. The zero-order chi connectivity index (χ0) is 10.8. The Morgan fingerprint density at radius 2 is 1.87 bits per heavy atom. The molecule has 0 fully saturated rings. The smallest absolute Gasteiger partial charge is 0.0191 e. The molecular formula is C14H16S. The lowest BCUT2D eigenvalue weighted by Crippen LogP contribution is -1.93. The van der Waals surface area contributed by atoms with E-state index in [9.17, 15) is 0 Å². The summed E-state index contributed by atoms with van der Waals surface area (Å²) < 4.78 is 0. The van der Waals surface area contributed by atoms with Gasteiger partial charge in [0.25, 0.3) is 0 Å². The Morgan fingerprint density at radius 1 is 1.07 bits per heavy atom. The van der Waals surface area contributed by atoms with Gasteiger partial charge in [-0.15, -0.1) is 11.8 Å². The van der Waals surface area contributed by atoms with Crippen molar-refractivity contribution in [2.45, 2.75) is 20.8 Å². The van der Waals surface area contributed by atoms with E-state index in [1.807, 2.05) is 11.8 Å². The molecule has 0 aromatic heterocycles. The van der Waals surface area contributed by atoms with Gasteiger partial charge in [0.05, 0.1) is 0 Å². The number of aryl methyl sites for hydroxylation is 2. The van der Waals surface area contributed by atoms with E-state index in [4.69, 9.17) is 0 Å². The van der Waals surface area contributed by atoms with Crippen LogP contribution >= 0.6 is 11.8 Å². The van der Waals surface area contributed by atoms with Crippen molar-refractivity contribution in [1.82, 2.24) is 0 Å². The summed E-state index contributed by atoms with van der Waals surface area (Å²) >= 11 is 1.94. The fraction of sp³-hybridized carbons (Fsp3) is 0.286. The second kappa shape index (κ2) is 4.28. The van der Waals surface area contributed by atoms with Crippen LogP contribution in [-0.2, 0) is 0 Å². The van der Waals surface area contributed by atoms with Crippen molar-refractivity contribution in [2.24, 2.45) is 0 Å². The van der Waals surface area contributed by atoms with Crippen LogP contribution < -0.4 is 0 Å². The summed E-state index contributed by atoms with van der Waals surface area (Å²) in [7, 11) is 0. The first-order valence-electron chi connectivity index (χ1n) is 5.25. The lowest BCUT2D eigenvalue weighted by Gasteiger charge is -2.14. The van der Waals surface area contributed by atoms with Gasteiger partial charge in [-0.2, -0.15) is 0 Å². The summed E-state index contributed by atoms with van der Waals surface area (Å²) in [5, 5.41) is 0. The molecule has 0 atom stereocenters. The van der Waals surface area contributed by atoms with E-state index in [0.717, 1.165) is 5.75 Å². The molecule has 0 N–H and O–H groups in total. The van der Waals surface area contributed by atoms with Gasteiger partial charge in [0.2, 0.25) is 0 Å². The fourth-order valence-corrected chi connectivity index (χ4v) is 2.79. The highest BCUT2D eigenvalue weighted by Gasteiger charge is 2.08. The van der Waals surface area contributed by atoms with E-state index in [2.05, 4.69) is 51.1 Å². The highest BCUT2D eigenvalue weighted by molar-refractivity contribution is 8.08. The number of thioether (sulfide) groups is 1. The van der Waals surface area contributed by atoms with E-state index in [-0.39, 0.29) is 0 Å². The summed E-state index contributed by atoms with van der Waals surface area (Å²) in [6, 6.07) is 6.68. The summed E-state index contributed by atoms with van der Waals surface area (Å²) in [5.41, 5.74) is 5.55. The quantitative estimate of drug-likeness (QED) is 0.673. The first-order chi connectivity index (χ1) is 7.16. The molecule has 0 aliphatic carbocycles. The van der Waals surface area contributed by atoms with Crippen molar-refractivity contribution in [2.75, 3.05) is 5.75 Å². The largest absolute Gasteiger partial charge is 0.121 e. The summed E-state index contributed by atoms with van der Waals surface area (Å²) in [6.45, 7) is 6.51.